The molecule has 6 heteroatoms. The number of amides is 1. The fraction of sp³-hybridized carbons (Fsp3) is 0.133. The summed E-state index contributed by atoms with van der Waals surface area (Å²) in [5, 5.41) is 2.65. The van der Waals surface area contributed by atoms with Crippen LogP contribution in [0.5, 0.6) is 0 Å². The Hall–Kier alpha value is -1.82. The number of rotatable bonds is 3. The molecule has 110 valence electrons. The van der Waals surface area contributed by atoms with Crippen LogP contribution in [-0.4, -0.2) is 5.91 Å². The monoisotopic (exact) mass is 357 g/mol. The standard InChI is InChI=1S/C15H11BrF3NO/c16-12-6-1-2-7-13(12)20-14(21)9-10-4-3-5-11(8-10)15(17,18)19/h1-8H,9H2,(H,20,21). The van der Waals surface area contributed by atoms with Crippen LogP contribution in [0.3, 0.4) is 0 Å². The fourth-order valence-electron chi connectivity index (χ4n) is 1.80. The van der Waals surface area contributed by atoms with E-state index in [4.69, 9.17) is 0 Å². The SMILES string of the molecule is O=C(Cc1cccc(C(F)(F)F)c1)Nc1ccccc1Br. The maximum atomic E-state index is 12.6. The number of nitrogens with one attached hydrogen (secondary N) is 1. The largest absolute Gasteiger partial charge is 0.416 e. The van der Waals surface area contributed by atoms with Crippen molar-refractivity contribution in [3.8, 4) is 0 Å². The average Bonchev–Trinajstić information content (AvgIpc) is 2.41. The van der Waals surface area contributed by atoms with Crippen molar-refractivity contribution in [1.82, 2.24) is 0 Å². The minimum absolute atomic E-state index is 0.120. The van der Waals surface area contributed by atoms with E-state index < -0.39 is 11.7 Å². The van der Waals surface area contributed by atoms with Crippen molar-refractivity contribution < 1.29 is 18.0 Å². The molecule has 21 heavy (non-hydrogen) atoms. The average molecular weight is 358 g/mol. The van der Waals surface area contributed by atoms with Crippen molar-refractivity contribution in [3.05, 3.63) is 64.1 Å². The molecule has 0 fully saturated rings. The summed E-state index contributed by atoms with van der Waals surface area (Å²) in [6, 6.07) is 11.8. The molecule has 2 aromatic carbocycles. The Morgan fingerprint density at radius 3 is 2.48 bits per heavy atom. The lowest BCUT2D eigenvalue weighted by Gasteiger charge is -2.10. The van der Waals surface area contributed by atoms with Gasteiger partial charge in [0.25, 0.3) is 0 Å². The summed E-state index contributed by atoms with van der Waals surface area (Å²) < 4.78 is 38.5. The third-order valence-corrected chi connectivity index (χ3v) is 3.46. The third kappa shape index (κ3) is 4.32. The first kappa shape index (κ1) is 15.6. The lowest BCUT2D eigenvalue weighted by Crippen LogP contribution is -2.15. The van der Waals surface area contributed by atoms with Crippen molar-refractivity contribution in [2.75, 3.05) is 5.32 Å². The van der Waals surface area contributed by atoms with Gasteiger partial charge in [-0.25, -0.2) is 0 Å². The summed E-state index contributed by atoms with van der Waals surface area (Å²) in [4.78, 5) is 11.9. The quantitative estimate of drug-likeness (QED) is 0.850. The van der Waals surface area contributed by atoms with Crippen molar-refractivity contribution in [3.63, 3.8) is 0 Å². The van der Waals surface area contributed by atoms with E-state index in [0.29, 0.717) is 15.7 Å². The minimum Gasteiger partial charge on any atom is -0.325 e. The zero-order chi connectivity index (χ0) is 15.5. The molecule has 0 unspecified atom stereocenters. The molecular weight excluding hydrogens is 347 g/mol. The summed E-state index contributed by atoms with van der Waals surface area (Å²) >= 11 is 3.28. The highest BCUT2D eigenvalue weighted by Gasteiger charge is 2.30. The molecule has 0 aliphatic rings. The number of carbonyl (C=O) groups excluding carboxylic acids is 1. The van der Waals surface area contributed by atoms with Crippen LogP contribution in [0.4, 0.5) is 18.9 Å². The van der Waals surface area contributed by atoms with E-state index in [0.717, 1.165) is 12.1 Å². The second kappa shape index (κ2) is 6.30. The van der Waals surface area contributed by atoms with Crippen molar-refractivity contribution in [1.29, 1.82) is 0 Å². The van der Waals surface area contributed by atoms with E-state index in [2.05, 4.69) is 21.2 Å². The van der Waals surface area contributed by atoms with Gasteiger partial charge in [0, 0.05) is 4.47 Å². The maximum absolute atomic E-state index is 12.6. The Kier molecular flexibility index (Phi) is 4.67. The number of hydrogen-bond acceptors (Lipinski definition) is 1. The maximum Gasteiger partial charge on any atom is 0.416 e. The highest BCUT2D eigenvalue weighted by Crippen LogP contribution is 2.29. The molecule has 0 saturated heterocycles. The second-order valence-electron chi connectivity index (χ2n) is 4.40. The topological polar surface area (TPSA) is 29.1 Å². The zero-order valence-electron chi connectivity index (χ0n) is 10.7. The molecule has 0 aromatic heterocycles. The summed E-state index contributed by atoms with van der Waals surface area (Å²) in [5.41, 5.74) is 0.137. The van der Waals surface area contributed by atoms with E-state index in [9.17, 15) is 18.0 Å². The van der Waals surface area contributed by atoms with Gasteiger partial charge in [-0.1, -0.05) is 30.3 Å². The molecule has 0 saturated carbocycles. The summed E-state index contributed by atoms with van der Waals surface area (Å²) in [7, 11) is 0. The minimum atomic E-state index is -4.41. The second-order valence-corrected chi connectivity index (χ2v) is 5.26. The summed E-state index contributed by atoms with van der Waals surface area (Å²) in [6.07, 6.45) is -4.53. The van der Waals surface area contributed by atoms with Crippen LogP contribution in [0.1, 0.15) is 11.1 Å². The molecule has 0 atom stereocenters. The van der Waals surface area contributed by atoms with Gasteiger partial charge < -0.3 is 5.32 Å². The highest BCUT2D eigenvalue weighted by atomic mass is 79.9. The van der Waals surface area contributed by atoms with Crippen LogP contribution < -0.4 is 5.32 Å². The molecular formula is C15H11BrF3NO. The highest BCUT2D eigenvalue weighted by molar-refractivity contribution is 9.10. The van der Waals surface area contributed by atoms with Crippen molar-refractivity contribution >= 4 is 27.5 Å². The van der Waals surface area contributed by atoms with Crippen molar-refractivity contribution in [2.45, 2.75) is 12.6 Å². The van der Waals surface area contributed by atoms with Crippen LogP contribution >= 0.6 is 15.9 Å². The van der Waals surface area contributed by atoms with Crippen LogP contribution in [0.2, 0.25) is 0 Å². The molecule has 2 nitrogen and oxygen atoms in total. The number of benzene rings is 2. The normalized spacial score (nSPS) is 11.2. The lowest BCUT2D eigenvalue weighted by molar-refractivity contribution is -0.137. The van der Waals surface area contributed by atoms with E-state index in [1.165, 1.54) is 12.1 Å². The molecule has 0 spiro atoms. The molecule has 2 rings (SSSR count). The Balaban J connectivity index is 2.08. The van der Waals surface area contributed by atoms with Gasteiger partial charge in [-0.2, -0.15) is 13.2 Å². The van der Waals surface area contributed by atoms with E-state index >= 15 is 0 Å². The number of carbonyl (C=O) groups is 1. The molecule has 0 heterocycles. The van der Waals surface area contributed by atoms with Crippen LogP contribution in [0.15, 0.2) is 53.0 Å². The summed E-state index contributed by atoms with van der Waals surface area (Å²) in [5.74, 6) is -0.374. The predicted octanol–water partition coefficient (Wildman–Crippen LogP) is 4.65. The zero-order valence-corrected chi connectivity index (χ0v) is 12.3. The van der Waals surface area contributed by atoms with Crippen molar-refractivity contribution in [2.24, 2.45) is 0 Å². The number of para-hydroxylation sites is 1. The van der Waals surface area contributed by atoms with Crippen LogP contribution in [-0.2, 0) is 17.4 Å². The molecule has 0 radical (unpaired) electrons. The molecule has 1 amide bonds. The third-order valence-electron chi connectivity index (χ3n) is 2.77. The number of hydrogen-bond donors (Lipinski definition) is 1. The first-order valence-corrected chi connectivity index (χ1v) is 6.86. The first-order valence-electron chi connectivity index (χ1n) is 6.07. The Bertz CT molecular complexity index is 655. The number of halogens is 4. The Morgan fingerprint density at radius 2 is 1.81 bits per heavy atom. The first-order chi connectivity index (χ1) is 9.86. The molecule has 0 bridgehead atoms. The van der Waals surface area contributed by atoms with E-state index in [1.807, 2.05) is 0 Å². The van der Waals surface area contributed by atoms with Gasteiger partial charge in [0.2, 0.25) is 5.91 Å². The molecule has 2 aromatic rings. The van der Waals surface area contributed by atoms with Gasteiger partial charge in [0.15, 0.2) is 0 Å². The molecule has 1 N–H and O–H groups in total. The Labute approximate surface area is 128 Å². The van der Waals surface area contributed by atoms with E-state index in [-0.39, 0.29) is 12.3 Å². The van der Waals surface area contributed by atoms with Crippen LogP contribution in [0.25, 0.3) is 0 Å². The molecule has 0 aliphatic carbocycles. The fourth-order valence-corrected chi connectivity index (χ4v) is 2.18. The van der Waals surface area contributed by atoms with Gasteiger partial charge >= 0.3 is 6.18 Å². The number of anilines is 1. The lowest BCUT2D eigenvalue weighted by atomic mass is 10.1. The number of alkyl halides is 3. The summed E-state index contributed by atoms with van der Waals surface area (Å²) in [6.45, 7) is 0. The predicted molar refractivity (Wildman–Crippen MR) is 77.9 cm³/mol. The Morgan fingerprint density at radius 1 is 1.10 bits per heavy atom. The van der Waals surface area contributed by atoms with E-state index in [1.54, 1.807) is 24.3 Å². The van der Waals surface area contributed by atoms with Crippen LogP contribution in [0, 0.1) is 0 Å². The van der Waals surface area contributed by atoms with Gasteiger partial charge in [-0.05, 0) is 39.7 Å². The van der Waals surface area contributed by atoms with Gasteiger partial charge in [-0.3, -0.25) is 4.79 Å². The molecule has 0 aliphatic heterocycles. The van der Waals surface area contributed by atoms with Gasteiger partial charge in [0.1, 0.15) is 0 Å². The van der Waals surface area contributed by atoms with Gasteiger partial charge in [0.05, 0.1) is 17.7 Å². The van der Waals surface area contributed by atoms with Gasteiger partial charge in [-0.15, -0.1) is 0 Å². The smallest absolute Gasteiger partial charge is 0.325 e.